The molecule has 1 saturated carbocycles. The highest BCUT2D eigenvalue weighted by molar-refractivity contribution is 6.48. The summed E-state index contributed by atoms with van der Waals surface area (Å²) in [7, 11) is 0. The highest BCUT2D eigenvalue weighted by Crippen LogP contribution is 2.37. The third-order valence-electron chi connectivity index (χ3n) is 1.70. The van der Waals surface area contributed by atoms with E-state index in [4.69, 9.17) is 23.2 Å². The predicted molar refractivity (Wildman–Crippen MR) is 37.4 cm³/mol. The maximum Gasteiger partial charge on any atom is 0.147 e. The summed E-state index contributed by atoms with van der Waals surface area (Å²) in [6, 6.07) is 0. The maximum absolute atomic E-state index is 10.9. The smallest absolute Gasteiger partial charge is 0.147 e. The van der Waals surface area contributed by atoms with E-state index < -0.39 is 10.4 Å². The molecule has 0 spiro atoms. The fourth-order valence-corrected chi connectivity index (χ4v) is 1.55. The van der Waals surface area contributed by atoms with Gasteiger partial charge in [0.1, 0.15) is 10.4 Å². The first-order valence-electron chi connectivity index (χ1n) is 3.16. The van der Waals surface area contributed by atoms with Crippen LogP contribution in [0.5, 0.6) is 0 Å². The minimum atomic E-state index is -0.974. The van der Waals surface area contributed by atoms with E-state index in [9.17, 15) is 5.11 Å². The molecule has 1 nitrogen and oxygen atoms in total. The summed E-state index contributed by atoms with van der Waals surface area (Å²) in [6.45, 7) is 0. The van der Waals surface area contributed by atoms with E-state index in [1.54, 1.807) is 0 Å². The fraction of sp³-hybridized carbons (Fsp3) is 1.00. The lowest BCUT2D eigenvalue weighted by molar-refractivity contribution is 0.0480. The highest BCUT2D eigenvalue weighted by atomic mass is 35.5. The predicted octanol–water partition coefficient (Wildman–Crippen LogP) is 2.53. The molecular formula is C6H9Cl2O. The zero-order valence-electron chi connectivity index (χ0n) is 5.07. The van der Waals surface area contributed by atoms with Gasteiger partial charge in [0.15, 0.2) is 0 Å². The molecule has 0 aromatic carbocycles. The third kappa shape index (κ3) is 1.73. The zero-order chi connectivity index (χ0) is 6.91. The van der Waals surface area contributed by atoms with Crippen molar-refractivity contribution in [1.29, 1.82) is 0 Å². The molecule has 0 saturated heterocycles. The Morgan fingerprint density at radius 1 is 1.33 bits per heavy atom. The quantitative estimate of drug-likeness (QED) is 0.495. The molecule has 1 aliphatic rings. The first-order valence-corrected chi connectivity index (χ1v) is 3.92. The van der Waals surface area contributed by atoms with Crippen LogP contribution in [-0.2, 0) is 5.11 Å². The molecule has 0 bridgehead atoms. The molecule has 1 fully saturated rings. The Kier molecular flexibility index (Phi) is 2.25. The fourth-order valence-electron chi connectivity index (χ4n) is 1.06. The van der Waals surface area contributed by atoms with Gasteiger partial charge in [0, 0.05) is 0 Å². The Bertz CT molecular complexity index is 103. The van der Waals surface area contributed by atoms with Crippen LogP contribution in [0.2, 0.25) is 0 Å². The van der Waals surface area contributed by atoms with Gasteiger partial charge in [-0.2, -0.15) is 0 Å². The molecule has 53 valence electrons. The van der Waals surface area contributed by atoms with Gasteiger partial charge in [0.25, 0.3) is 0 Å². The molecule has 1 aliphatic carbocycles. The Labute approximate surface area is 65.0 Å². The first-order chi connectivity index (χ1) is 4.13. The normalized spacial score (nSPS) is 34.3. The lowest BCUT2D eigenvalue weighted by atomic mass is 9.97. The van der Waals surface area contributed by atoms with Crippen LogP contribution < -0.4 is 0 Å². The van der Waals surface area contributed by atoms with E-state index in [1.165, 1.54) is 0 Å². The first kappa shape index (κ1) is 7.64. The van der Waals surface area contributed by atoms with E-state index in [2.05, 4.69) is 0 Å². The van der Waals surface area contributed by atoms with Gasteiger partial charge in [-0.25, -0.2) is 5.11 Å². The van der Waals surface area contributed by atoms with E-state index in [0.29, 0.717) is 12.8 Å². The van der Waals surface area contributed by atoms with Gasteiger partial charge in [-0.05, 0) is 12.8 Å². The van der Waals surface area contributed by atoms with Gasteiger partial charge in [0.2, 0.25) is 0 Å². The van der Waals surface area contributed by atoms with Crippen LogP contribution in [0.1, 0.15) is 25.7 Å². The number of hydrogen-bond acceptors (Lipinski definition) is 0. The lowest BCUT2D eigenvalue weighted by Gasteiger charge is -2.28. The van der Waals surface area contributed by atoms with Crippen molar-refractivity contribution < 1.29 is 5.11 Å². The van der Waals surface area contributed by atoms with Gasteiger partial charge in [-0.3, -0.25) is 0 Å². The van der Waals surface area contributed by atoms with Crippen molar-refractivity contribution in [1.82, 2.24) is 0 Å². The molecule has 0 heterocycles. The number of halogens is 2. The molecule has 0 N–H and O–H groups in total. The molecule has 1 unspecified atom stereocenters. The van der Waals surface area contributed by atoms with Crippen molar-refractivity contribution in [2.45, 2.75) is 36.1 Å². The van der Waals surface area contributed by atoms with Gasteiger partial charge in [0.05, 0.1) is 0 Å². The number of alkyl halides is 2. The molecule has 1 atom stereocenters. The van der Waals surface area contributed by atoms with Crippen LogP contribution in [0.3, 0.4) is 0 Å². The Balaban J connectivity index is 2.49. The SMILES string of the molecule is [O]C1CCCCC1(Cl)Cl. The second kappa shape index (κ2) is 2.65. The topological polar surface area (TPSA) is 19.9 Å². The van der Waals surface area contributed by atoms with Crippen LogP contribution in [-0.4, -0.2) is 10.4 Å². The standard InChI is InChI=1S/C6H9Cl2O/c7-6(8)4-2-1-3-5(6)9/h5H,1-4H2. The summed E-state index contributed by atoms with van der Waals surface area (Å²) in [5.41, 5.74) is 0. The van der Waals surface area contributed by atoms with Crippen LogP contribution in [0.25, 0.3) is 0 Å². The highest BCUT2D eigenvalue weighted by Gasteiger charge is 2.36. The van der Waals surface area contributed by atoms with Gasteiger partial charge < -0.3 is 0 Å². The van der Waals surface area contributed by atoms with Crippen LogP contribution in [0.4, 0.5) is 0 Å². The molecule has 3 heteroatoms. The summed E-state index contributed by atoms with van der Waals surface area (Å²) in [5.74, 6) is 0. The number of rotatable bonds is 0. The van der Waals surface area contributed by atoms with E-state index in [0.717, 1.165) is 12.8 Å². The van der Waals surface area contributed by atoms with Crippen molar-refractivity contribution in [3.05, 3.63) is 0 Å². The monoisotopic (exact) mass is 167 g/mol. The summed E-state index contributed by atoms with van der Waals surface area (Å²) >= 11 is 11.4. The van der Waals surface area contributed by atoms with Crippen LogP contribution >= 0.6 is 23.2 Å². The summed E-state index contributed by atoms with van der Waals surface area (Å²) in [4.78, 5) is 0. The zero-order valence-corrected chi connectivity index (χ0v) is 6.58. The van der Waals surface area contributed by atoms with Crippen LogP contribution in [0.15, 0.2) is 0 Å². The summed E-state index contributed by atoms with van der Waals surface area (Å²) in [6.07, 6.45) is 2.49. The molecule has 0 aliphatic heterocycles. The minimum Gasteiger partial charge on any atom is -0.230 e. The van der Waals surface area contributed by atoms with Crippen LogP contribution in [0, 0.1) is 0 Å². The average Bonchev–Trinajstić information content (AvgIpc) is 1.77. The molecule has 0 aromatic heterocycles. The Morgan fingerprint density at radius 3 is 2.33 bits per heavy atom. The van der Waals surface area contributed by atoms with Gasteiger partial charge >= 0.3 is 0 Å². The second-order valence-corrected chi connectivity index (χ2v) is 4.04. The van der Waals surface area contributed by atoms with Crippen molar-refractivity contribution in [2.24, 2.45) is 0 Å². The van der Waals surface area contributed by atoms with E-state index >= 15 is 0 Å². The van der Waals surface area contributed by atoms with Crippen molar-refractivity contribution in [2.75, 3.05) is 0 Å². The second-order valence-electron chi connectivity index (χ2n) is 2.50. The third-order valence-corrected chi connectivity index (χ3v) is 2.56. The maximum atomic E-state index is 10.9. The molecule has 0 amide bonds. The lowest BCUT2D eigenvalue weighted by Crippen LogP contribution is -2.33. The van der Waals surface area contributed by atoms with E-state index in [-0.39, 0.29) is 0 Å². The molecular weight excluding hydrogens is 159 g/mol. The van der Waals surface area contributed by atoms with Crippen molar-refractivity contribution >= 4 is 23.2 Å². The summed E-state index contributed by atoms with van der Waals surface area (Å²) < 4.78 is -0.974. The van der Waals surface area contributed by atoms with Gasteiger partial charge in [-0.1, -0.05) is 36.0 Å². The van der Waals surface area contributed by atoms with E-state index in [1.807, 2.05) is 0 Å². The van der Waals surface area contributed by atoms with Gasteiger partial charge in [-0.15, -0.1) is 0 Å². The Hall–Kier alpha value is 0.540. The summed E-state index contributed by atoms with van der Waals surface area (Å²) in [5, 5.41) is 10.9. The molecule has 0 aromatic rings. The van der Waals surface area contributed by atoms with Crippen molar-refractivity contribution in [3.63, 3.8) is 0 Å². The number of hydrogen-bond donors (Lipinski definition) is 0. The Morgan fingerprint density at radius 2 is 2.00 bits per heavy atom. The average molecular weight is 168 g/mol. The molecule has 1 rings (SSSR count). The van der Waals surface area contributed by atoms with Crippen molar-refractivity contribution in [3.8, 4) is 0 Å². The molecule has 9 heavy (non-hydrogen) atoms. The molecule has 1 radical (unpaired) electrons. The largest absolute Gasteiger partial charge is 0.230 e. The minimum absolute atomic E-state index is 0.632.